The third-order valence-electron chi connectivity index (χ3n) is 5.60. The number of hydrazone groups is 1. The Morgan fingerprint density at radius 1 is 0.725 bits per heavy atom. The molecule has 0 aliphatic heterocycles. The fraction of sp³-hybridized carbons (Fsp3) is 0.0667. The van der Waals surface area contributed by atoms with Crippen LogP contribution < -0.4 is 25.5 Å². The van der Waals surface area contributed by atoms with Crippen LogP contribution in [0.1, 0.15) is 11.1 Å². The van der Waals surface area contributed by atoms with Crippen molar-refractivity contribution in [2.24, 2.45) is 5.10 Å². The fourth-order valence-corrected chi connectivity index (χ4v) is 3.66. The van der Waals surface area contributed by atoms with E-state index in [2.05, 4.69) is 36.1 Å². The Morgan fingerprint density at radius 2 is 1.32 bits per heavy atom. The minimum Gasteiger partial charge on any atom is -0.493 e. The van der Waals surface area contributed by atoms with Crippen LogP contribution in [0.5, 0.6) is 11.5 Å². The highest BCUT2D eigenvalue weighted by Crippen LogP contribution is 2.28. The molecule has 0 aliphatic rings. The van der Waals surface area contributed by atoms with Gasteiger partial charge in [0.05, 0.1) is 13.3 Å². The zero-order chi connectivity index (χ0) is 27.6. The summed E-state index contributed by atoms with van der Waals surface area (Å²) in [6, 6.07) is 31.0. The molecule has 0 unspecified atom stereocenters. The second-order valence-corrected chi connectivity index (χ2v) is 8.45. The van der Waals surface area contributed by atoms with Crippen molar-refractivity contribution in [1.82, 2.24) is 15.0 Å². The first-order valence-electron chi connectivity index (χ1n) is 12.4. The molecule has 4 aromatic carbocycles. The van der Waals surface area contributed by atoms with E-state index >= 15 is 0 Å². The van der Waals surface area contributed by atoms with Gasteiger partial charge in [0.25, 0.3) is 0 Å². The molecular weight excluding hydrogens is 509 g/mol. The first kappa shape index (κ1) is 26.1. The number of aromatic nitrogens is 3. The molecule has 0 atom stereocenters. The number of ether oxygens (including phenoxy) is 2. The van der Waals surface area contributed by atoms with E-state index in [0.717, 1.165) is 16.9 Å². The van der Waals surface area contributed by atoms with Crippen LogP contribution in [0.4, 0.5) is 33.6 Å². The summed E-state index contributed by atoms with van der Waals surface area (Å²) in [6.07, 6.45) is 1.60. The van der Waals surface area contributed by atoms with Crippen LogP contribution in [0.15, 0.2) is 108 Å². The summed E-state index contributed by atoms with van der Waals surface area (Å²) >= 11 is 0. The maximum absolute atomic E-state index is 13.9. The molecule has 10 heteroatoms. The van der Waals surface area contributed by atoms with Gasteiger partial charge < -0.3 is 20.1 Å². The summed E-state index contributed by atoms with van der Waals surface area (Å²) in [7, 11) is 1.54. The normalized spacial score (nSPS) is 10.8. The molecule has 0 amide bonds. The SMILES string of the molecule is COc1cc(/C=N/Nc2nc(Nc3ccccc3)nc(Nc3ccccc3)n2)ccc1OCc1ccccc1F. The van der Waals surface area contributed by atoms with Crippen LogP contribution in [0.3, 0.4) is 0 Å². The van der Waals surface area contributed by atoms with Gasteiger partial charge in [-0.1, -0.05) is 54.6 Å². The molecule has 200 valence electrons. The van der Waals surface area contributed by atoms with E-state index in [-0.39, 0.29) is 18.4 Å². The molecule has 0 saturated carbocycles. The Balaban J connectivity index is 1.30. The zero-order valence-corrected chi connectivity index (χ0v) is 21.6. The van der Waals surface area contributed by atoms with Crippen LogP contribution >= 0.6 is 0 Å². The summed E-state index contributed by atoms with van der Waals surface area (Å²) in [5, 5.41) is 10.6. The van der Waals surface area contributed by atoms with Crippen LogP contribution in [-0.2, 0) is 6.61 Å². The average Bonchev–Trinajstić information content (AvgIpc) is 2.98. The summed E-state index contributed by atoms with van der Waals surface area (Å²) < 4.78 is 25.2. The van der Waals surface area contributed by atoms with Crippen LogP contribution in [0, 0.1) is 5.82 Å². The first-order chi connectivity index (χ1) is 19.7. The number of hydrogen-bond donors (Lipinski definition) is 3. The van der Waals surface area contributed by atoms with E-state index in [1.54, 1.807) is 36.5 Å². The highest BCUT2D eigenvalue weighted by atomic mass is 19.1. The highest BCUT2D eigenvalue weighted by Gasteiger charge is 2.09. The number of methoxy groups -OCH3 is 1. The molecule has 5 aromatic rings. The van der Waals surface area contributed by atoms with Gasteiger partial charge in [-0.05, 0) is 54.1 Å². The van der Waals surface area contributed by atoms with Gasteiger partial charge in [-0.25, -0.2) is 9.82 Å². The number of rotatable bonds is 11. The minimum atomic E-state index is -0.320. The Labute approximate surface area is 230 Å². The van der Waals surface area contributed by atoms with E-state index in [1.165, 1.54) is 13.2 Å². The number of hydrogen-bond acceptors (Lipinski definition) is 9. The zero-order valence-electron chi connectivity index (χ0n) is 21.6. The Morgan fingerprint density at radius 3 is 1.95 bits per heavy atom. The smallest absolute Gasteiger partial charge is 0.250 e. The fourth-order valence-electron chi connectivity index (χ4n) is 3.66. The van der Waals surface area contributed by atoms with Crippen LogP contribution in [0.2, 0.25) is 0 Å². The van der Waals surface area contributed by atoms with Gasteiger partial charge in [0.15, 0.2) is 11.5 Å². The number of nitrogens with zero attached hydrogens (tertiary/aromatic N) is 4. The lowest BCUT2D eigenvalue weighted by atomic mass is 10.2. The summed E-state index contributed by atoms with van der Waals surface area (Å²) in [6.45, 7) is 0.0795. The molecule has 9 nitrogen and oxygen atoms in total. The van der Waals surface area contributed by atoms with Crippen molar-refractivity contribution >= 4 is 35.4 Å². The summed E-state index contributed by atoms with van der Waals surface area (Å²) in [5.74, 6) is 1.58. The van der Waals surface area contributed by atoms with Crippen molar-refractivity contribution in [1.29, 1.82) is 0 Å². The van der Waals surface area contributed by atoms with Gasteiger partial charge in [0, 0.05) is 16.9 Å². The Bertz CT molecular complexity index is 1520. The number of nitrogens with one attached hydrogen (secondary N) is 3. The molecule has 5 rings (SSSR count). The largest absolute Gasteiger partial charge is 0.493 e. The van der Waals surface area contributed by atoms with Gasteiger partial charge >= 0.3 is 0 Å². The molecule has 0 spiro atoms. The van der Waals surface area contributed by atoms with Gasteiger partial charge in [-0.15, -0.1) is 0 Å². The monoisotopic (exact) mass is 535 g/mol. The average molecular weight is 536 g/mol. The van der Waals surface area contributed by atoms with Crippen molar-refractivity contribution in [2.75, 3.05) is 23.2 Å². The summed E-state index contributed by atoms with van der Waals surface area (Å²) in [5.41, 5.74) is 5.72. The number of para-hydroxylation sites is 2. The first-order valence-corrected chi connectivity index (χ1v) is 12.4. The Kier molecular flexibility index (Phi) is 8.38. The Hall–Kier alpha value is -5.51. The number of benzene rings is 4. The highest BCUT2D eigenvalue weighted by molar-refractivity contribution is 5.81. The minimum absolute atomic E-state index is 0.0795. The molecule has 0 radical (unpaired) electrons. The van der Waals surface area contributed by atoms with E-state index in [9.17, 15) is 4.39 Å². The lowest BCUT2D eigenvalue weighted by molar-refractivity contribution is 0.279. The van der Waals surface area contributed by atoms with Crippen molar-refractivity contribution in [3.05, 3.63) is 120 Å². The van der Waals surface area contributed by atoms with E-state index in [0.29, 0.717) is 29.0 Å². The van der Waals surface area contributed by atoms with Crippen molar-refractivity contribution in [3.63, 3.8) is 0 Å². The van der Waals surface area contributed by atoms with Gasteiger partial charge in [-0.3, -0.25) is 0 Å². The molecule has 1 aromatic heterocycles. The topological polar surface area (TPSA) is 106 Å². The second-order valence-electron chi connectivity index (χ2n) is 8.45. The van der Waals surface area contributed by atoms with Crippen molar-refractivity contribution in [3.8, 4) is 11.5 Å². The van der Waals surface area contributed by atoms with E-state index < -0.39 is 0 Å². The molecular formula is C30H26FN7O2. The predicted molar refractivity (Wildman–Crippen MR) is 154 cm³/mol. The summed E-state index contributed by atoms with van der Waals surface area (Å²) in [4.78, 5) is 13.3. The molecule has 1 heterocycles. The van der Waals surface area contributed by atoms with Crippen molar-refractivity contribution < 1.29 is 13.9 Å². The third kappa shape index (κ3) is 7.07. The molecule has 40 heavy (non-hydrogen) atoms. The van der Waals surface area contributed by atoms with Gasteiger partial charge in [-0.2, -0.15) is 20.1 Å². The molecule has 0 bridgehead atoms. The number of anilines is 5. The van der Waals surface area contributed by atoms with Crippen molar-refractivity contribution in [2.45, 2.75) is 6.61 Å². The standard InChI is InChI=1S/C30H26FN7O2/c1-39-27-18-21(16-17-26(27)40-20-22-10-8-9-15-25(22)31)19-32-38-30-36-28(33-23-11-4-2-5-12-23)35-29(37-30)34-24-13-6-3-7-14-24/h2-19H,20H2,1H3,(H3,33,34,35,36,37,38)/b32-19+. The molecule has 0 fully saturated rings. The maximum Gasteiger partial charge on any atom is 0.250 e. The predicted octanol–water partition coefficient (Wildman–Crippen LogP) is 6.53. The van der Waals surface area contributed by atoms with Crippen LogP contribution in [-0.4, -0.2) is 28.3 Å². The van der Waals surface area contributed by atoms with E-state index in [1.807, 2.05) is 66.7 Å². The van der Waals surface area contributed by atoms with Gasteiger partial charge in [0.1, 0.15) is 12.4 Å². The quantitative estimate of drug-likeness (QED) is 0.129. The maximum atomic E-state index is 13.9. The van der Waals surface area contributed by atoms with E-state index in [4.69, 9.17) is 9.47 Å². The number of halogens is 1. The molecule has 0 aliphatic carbocycles. The third-order valence-corrected chi connectivity index (χ3v) is 5.60. The lowest BCUT2D eigenvalue weighted by Crippen LogP contribution is -2.07. The lowest BCUT2D eigenvalue weighted by Gasteiger charge is -2.12. The van der Waals surface area contributed by atoms with Gasteiger partial charge in [0.2, 0.25) is 17.8 Å². The van der Waals surface area contributed by atoms with Crippen LogP contribution in [0.25, 0.3) is 0 Å². The molecule has 0 saturated heterocycles. The molecule has 3 N–H and O–H groups in total. The second kappa shape index (κ2) is 12.8.